The highest BCUT2D eigenvalue weighted by molar-refractivity contribution is 5.82. The molecule has 1 unspecified atom stereocenters. The van der Waals surface area contributed by atoms with Crippen LogP contribution in [0.2, 0.25) is 0 Å². The quantitative estimate of drug-likeness (QED) is 0.862. The van der Waals surface area contributed by atoms with Crippen LogP contribution in [0.25, 0.3) is 0 Å². The number of benzene rings is 1. The molecule has 1 heterocycles. The van der Waals surface area contributed by atoms with Gasteiger partial charge in [-0.3, -0.25) is 9.48 Å². The maximum absolute atomic E-state index is 12.0. The van der Waals surface area contributed by atoms with Gasteiger partial charge in [-0.25, -0.2) is 0 Å². The predicted octanol–water partition coefficient (Wildman–Crippen LogP) is 1.32. The summed E-state index contributed by atoms with van der Waals surface area (Å²) in [6.45, 7) is 5.14. The van der Waals surface area contributed by atoms with Crippen molar-refractivity contribution in [1.29, 1.82) is 0 Å². The highest BCUT2D eigenvalue weighted by Crippen LogP contribution is 2.11. The van der Waals surface area contributed by atoms with E-state index in [1.807, 2.05) is 44.3 Å². The number of nitrogens with one attached hydrogen (secondary N) is 1. The summed E-state index contributed by atoms with van der Waals surface area (Å²) in [5, 5.41) is 6.99. The average molecular weight is 272 g/mol. The second kappa shape index (κ2) is 6.34. The van der Waals surface area contributed by atoms with E-state index in [0.29, 0.717) is 13.1 Å². The molecule has 1 aromatic carbocycles. The van der Waals surface area contributed by atoms with E-state index in [2.05, 4.69) is 10.4 Å². The molecule has 2 rings (SSSR count). The zero-order chi connectivity index (χ0) is 14.5. The van der Waals surface area contributed by atoms with Gasteiger partial charge in [-0.1, -0.05) is 29.8 Å². The predicted molar refractivity (Wildman–Crippen MR) is 78.1 cm³/mol. The van der Waals surface area contributed by atoms with E-state index in [9.17, 15) is 4.79 Å². The SMILES string of the molecule is Cc1ccc(C(N)C(=O)NCCn2cc(C)cn2)cc1. The molecule has 0 radical (unpaired) electrons. The molecule has 2 aromatic rings. The van der Waals surface area contributed by atoms with Gasteiger partial charge in [0.1, 0.15) is 6.04 Å². The molecule has 1 aromatic heterocycles. The van der Waals surface area contributed by atoms with Crippen molar-refractivity contribution in [2.24, 2.45) is 5.73 Å². The van der Waals surface area contributed by atoms with Crippen molar-refractivity contribution in [3.63, 3.8) is 0 Å². The molecule has 0 aliphatic carbocycles. The van der Waals surface area contributed by atoms with E-state index >= 15 is 0 Å². The Hall–Kier alpha value is -2.14. The first-order chi connectivity index (χ1) is 9.56. The molecule has 20 heavy (non-hydrogen) atoms. The number of nitrogens with two attached hydrogens (primary N) is 1. The lowest BCUT2D eigenvalue weighted by Gasteiger charge is -2.12. The summed E-state index contributed by atoms with van der Waals surface area (Å²) in [5.74, 6) is -0.169. The molecule has 3 N–H and O–H groups in total. The summed E-state index contributed by atoms with van der Waals surface area (Å²) in [6.07, 6.45) is 3.73. The van der Waals surface area contributed by atoms with Gasteiger partial charge in [-0.2, -0.15) is 5.10 Å². The van der Waals surface area contributed by atoms with Crippen LogP contribution < -0.4 is 11.1 Å². The van der Waals surface area contributed by atoms with E-state index in [-0.39, 0.29) is 5.91 Å². The maximum Gasteiger partial charge on any atom is 0.241 e. The van der Waals surface area contributed by atoms with E-state index in [4.69, 9.17) is 5.73 Å². The third-order valence-corrected chi connectivity index (χ3v) is 3.12. The zero-order valence-corrected chi connectivity index (χ0v) is 11.8. The summed E-state index contributed by atoms with van der Waals surface area (Å²) in [6, 6.07) is 7.05. The van der Waals surface area contributed by atoms with E-state index in [0.717, 1.165) is 16.7 Å². The standard InChI is InChI=1S/C15H20N4O/c1-11-3-5-13(6-4-11)14(16)15(20)17-7-8-19-10-12(2)9-18-19/h3-6,9-10,14H,7-8,16H2,1-2H3,(H,17,20). The third-order valence-electron chi connectivity index (χ3n) is 3.12. The van der Waals surface area contributed by atoms with Crippen molar-refractivity contribution in [3.8, 4) is 0 Å². The van der Waals surface area contributed by atoms with Crippen molar-refractivity contribution < 1.29 is 4.79 Å². The highest BCUT2D eigenvalue weighted by atomic mass is 16.2. The number of amides is 1. The monoisotopic (exact) mass is 272 g/mol. The minimum atomic E-state index is -0.630. The van der Waals surface area contributed by atoms with Gasteiger partial charge in [0.05, 0.1) is 12.7 Å². The Morgan fingerprint density at radius 3 is 2.60 bits per heavy atom. The second-order valence-electron chi connectivity index (χ2n) is 4.96. The molecule has 1 atom stereocenters. The average Bonchev–Trinajstić information content (AvgIpc) is 2.84. The Morgan fingerprint density at radius 2 is 2.00 bits per heavy atom. The summed E-state index contributed by atoms with van der Waals surface area (Å²) in [4.78, 5) is 12.0. The summed E-state index contributed by atoms with van der Waals surface area (Å²) >= 11 is 0. The largest absolute Gasteiger partial charge is 0.353 e. The van der Waals surface area contributed by atoms with E-state index in [1.54, 1.807) is 10.9 Å². The van der Waals surface area contributed by atoms with Gasteiger partial charge in [-0.05, 0) is 25.0 Å². The molecule has 106 valence electrons. The Kier molecular flexibility index (Phi) is 4.53. The van der Waals surface area contributed by atoms with Gasteiger partial charge in [0.2, 0.25) is 5.91 Å². The Morgan fingerprint density at radius 1 is 1.30 bits per heavy atom. The minimum Gasteiger partial charge on any atom is -0.353 e. The lowest BCUT2D eigenvalue weighted by atomic mass is 10.1. The van der Waals surface area contributed by atoms with Crippen LogP contribution in [0.5, 0.6) is 0 Å². The van der Waals surface area contributed by atoms with Gasteiger partial charge in [0, 0.05) is 12.7 Å². The smallest absolute Gasteiger partial charge is 0.241 e. The number of aryl methyl sites for hydroxylation is 2. The molecular formula is C15H20N4O. The number of aromatic nitrogens is 2. The van der Waals surface area contributed by atoms with E-state index < -0.39 is 6.04 Å². The van der Waals surface area contributed by atoms with Gasteiger partial charge >= 0.3 is 0 Å². The first-order valence-corrected chi connectivity index (χ1v) is 6.65. The van der Waals surface area contributed by atoms with Gasteiger partial charge in [-0.15, -0.1) is 0 Å². The van der Waals surface area contributed by atoms with Crippen LogP contribution in [-0.2, 0) is 11.3 Å². The number of hydrogen-bond donors (Lipinski definition) is 2. The van der Waals surface area contributed by atoms with Crippen molar-refractivity contribution in [1.82, 2.24) is 15.1 Å². The molecule has 5 heteroatoms. The molecule has 0 saturated heterocycles. The van der Waals surface area contributed by atoms with Crippen LogP contribution in [0.3, 0.4) is 0 Å². The summed E-state index contributed by atoms with van der Waals surface area (Å²) in [5.41, 5.74) is 9.01. The third kappa shape index (κ3) is 3.68. The minimum absolute atomic E-state index is 0.169. The topological polar surface area (TPSA) is 72.9 Å². The Labute approximate surface area is 118 Å². The number of nitrogens with zero attached hydrogens (tertiary/aromatic N) is 2. The van der Waals surface area contributed by atoms with Crippen LogP contribution in [0.1, 0.15) is 22.7 Å². The highest BCUT2D eigenvalue weighted by Gasteiger charge is 2.14. The normalized spacial score (nSPS) is 12.2. The molecule has 0 fully saturated rings. The van der Waals surface area contributed by atoms with Crippen molar-refractivity contribution in [2.75, 3.05) is 6.54 Å². The second-order valence-corrected chi connectivity index (χ2v) is 4.96. The number of carbonyl (C=O) groups is 1. The number of carbonyl (C=O) groups excluding carboxylic acids is 1. The fourth-order valence-corrected chi connectivity index (χ4v) is 1.92. The summed E-state index contributed by atoms with van der Waals surface area (Å²) < 4.78 is 1.80. The molecule has 0 bridgehead atoms. The van der Waals surface area contributed by atoms with Gasteiger partial charge in [0.25, 0.3) is 0 Å². The van der Waals surface area contributed by atoms with Crippen LogP contribution in [-0.4, -0.2) is 22.2 Å². The van der Waals surface area contributed by atoms with Crippen LogP contribution in [0, 0.1) is 13.8 Å². The first-order valence-electron chi connectivity index (χ1n) is 6.65. The first kappa shape index (κ1) is 14.3. The fraction of sp³-hybridized carbons (Fsp3) is 0.333. The molecule has 0 saturated carbocycles. The number of hydrogen-bond acceptors (Lipinski definition) is 3. The lowest BCUT2D eigenvalue weighted by molar-refractivity contribution is -0.122. The van der Waals surface area contributed by atoms with Gasteiger partial charge < -0.3 is 11.1 Å². The maximum atomic E-state index is 12.0. The lowest BCUT2D eigenvalue weighted by Crippen LogP contribution is -2.35. The summed E-state index contributed by atoms with van der Waals surface area (Å²) in [7, 11) is 0. The van der Waals surface area contributed by atoms with Crippen molar-refractivity contribution >= 4 is 5.91 Å². The Balaban J connectivity index is 1.83. The molecule has 0 aliphatic heterocycles. The molecule has 0 spiro atoms. The van der Waals surface area contributed by atoms with E-state index in [1.165, 1.54) is 0 Å². The van der Waals surface area contributed by atoms with Gasteiger partial charge in [0.15, 0.2) is 0 Å². The fourth-order valence-electron chi connectivity index (χ4n) is 1.92. The van der Waals surface area contributed by atoms with Crippen LogP contribution >= 0.6 is 0 Å². The van der Waals surface area contributed by atoms with Crippen molar-refractivity contribution in [3.05, 3.63) is 53.3 Å². The van der Waals surface area contributed by atoms with Crippen molar-refractivity contribution in [2.45, 2.75) is 26.4 Å². The Bertz CT molecular complexity index is 574. The van der Waals surface area contributed by atoms with Crippen LogP contribution in [0.15, 0.2) is 36.7 Å². The molecule has 1 amide bonds. The molecule has 5 nitrogen and oxygen atoms in total. The zero-order valence-electron chi connectivity index (χ0n) is 11.8. The molecular weight excluding hydrogens is 252 g/mol. The number of rotatable bonds is 5. The molecule has 0 aliphatic rings. The van der Waals surface area contributed by atoms with Crippen LogP contribution in [0.4, 0.5) is 0 Å².